The van der Waals surface area contributed by atoms with Crippen LogP contribution in [-0.4, -0.2) is 45.0 Å². The van der Waals surface area contributed by atoms with Crippen molar-refractivity contribution in [1.82, 2.24) is 10.0 Å². The van der Waals surface area contributed by atoms with E-state index in [0.717, 1.165) is 11.6 Å². The Morgan fingerprint density at radius 2 is 1.77 bits per heavy atom. The average molecular weight is 516 g/mol. The second-order valence-corrected chi connectivity index (χ2v) is 9.22. The van der Waals surface area contributed by atoms with Crippen LogP contribution >= 0.6 is 23.2 Å². The van der Waals surface area contributed by atoms with Crippen molar-refractivity contribution >= 4 is 52.4 Å². The molecule has 2 aromatic carbocycles. The highest BCUT2D eigenvalue weighted by atomic mass is 35.5. The maximum atomic E-state index is 13.6. The van der Waals surface area contributed by atoms with E-state index in [1.54, 1.807) is 0 Å². The van der Waals surface area contributed by atoms with Crippen LogP contribution in [0.1, 0.15) is 40.5 Å². The van der Waals surface area contributed by atoms with Crippen LogP contribution in [0.5, 0.6) is 0 Å². The molecule has 0 aromatic heterocycles. The number of fused-ring (bicyclic) bond motifs is 1. The predicted molar refractivity (Wildman–Crippen MR) is 127 cm³/mol. The molecule has 180 valence electrons. The first-order valence-electron chi connectivity index (χ1n) is 10.7. The second-order valence-electron chi connectivity index (χ2n) is 8.38. The standard InChI is InChI=1S/C24H19Cl2N3O6/c1-13-6-8-15-18(10-13)24(33)28(23(15)32)27(12-21(30)16-9-7-14(25)11-19(16)26)22(31)17-4-2-3-5-20(17)29(34)35/h2-7,9,11,15,18H,8,10,12H2,1H3/t15-,18-/m0/s1. The molecule has 3 amide bonds. The highest BCUT2D eigenvalue weighted by Gasteiger charge is 2.52. The number of hydrogen-bond donors (Lipinski definition) is 0. The van der Waals surface area contributed by atoms with Gasteiger partial charge in [0.05, 0.1) is 21.8 Å². The second kappa shape index (κ2) is 9.59. The molecule has 2 aromatic rings. The van der Waals surface area contributed by atoms with Crippen LogP contribution < -0.4 is 0 Å². The Morgan fingerprint density at radius 3 is 2.46 bits per heavy atom. The zero-order chi connectivity index (χ0) is 25.4. The average Bonchev–Trinajstić information content (AvgIpc) is 3.06. The molecule has 0 radical (unpaired) electrons. The monoisotopic (exact) mass is 515 g/mol. The zero-order valence-corrected chi connectivity index (χ0v) is 20.0. The number of carbonyl (C=O) groups is 4. The minimum atomic E-state index is -1.03. The summed E-state index contributed by atoms with van der Waals surface area (Å²) in [6.07, 6.45) is 2.53. The van der Waals surface area contributed by atoms with Gasteiger partial charge >= 0.3 is 0 Å². The molecule has 1 fully saturated rings. The molecule has 2 aliphatic rings. The lowest BCUT2D eigenvalue weighted by atomic mass is 9.82. The fraction of sp³-hybridized carbons (Fsp3) is 0.250. The molecule has 11 heteroatoms. The van der Waals surface area contributed by atoms with E-state index >= 15 is 0 Å². The van der Waals surface area contributed by atoms with Crippen LogP contribution in [0.4, 0.5) is 5.69 Å². The number of ketones is 1. The lowest BCUT2D eigenvalue weighted by Crippen LogP contribution is -2.52. The number of Topliss-reactive ketones (excluding diaryl/α,β-unsaturated/α-hetero) is 1. The van der Waals surface area contributed by atoms with E-state index in [1.807, 2.05) is 13.0 Å². The summed E-state index contributed by atoms with van der Waals surface area (Å²) in [6, 6.07) is 9.27. The van der Waals surface area contributed by atoms with Gasteiger partial charge in [-0.25, -0.2) is 5.01 Å². The van der Waals surface area contributed by atoms with Gasteiger partial charge in [-0.05, 0) is 44.0 Å². The van der Waals surface area contributed by atoms with Crippen molar-refractivity contribution in [2.75, 3.05) is 6.54 Å². The molecule has 35 heavy (non-hydrogen) atoms. The van der Waals surface area contributed by atoms with E-state index in [1.165, 1.54) is 36.4 Å². The van der Waals surface area contributed by atoms with Gasteiger partial charge in [0.25, 0.3) is 23.4 Å². The number of imide groups is 1. The molecule has 1 aliphatic heterocycles. The largest absolute Gasteiger partial charge is 0.292 e. The summed E-state index contributed by atoms with van der Waals surface area (Å²) in [7, 11) is 0. The Labute approximate surface area is 210 Å². The molecule has 0 saturated carbocycles. The number of para-hydroxylation sites is 1. The molecular weight excluding hydrogens is 497 g/mol. The third kappa shape index (κ3) is 4.56. The highest BCUT2D eigenvalue weighted by molar-refractivity contribution is 6.37. The number of hydrogen-bond acceptors (Lipinski definition) is 6. The minimum absolute atomic E-state index is 0.0189. The Bertz CT molecular complexity index is 1310. The summed E-state index contributed by atoms with van der Waals surface area (Å²) in [6.45, 7) is 1.11. The van der Waals surface area contributed by atoms with Gasteiger partial charge in [-0.2, -0.15) is 5.01 Å². The van der Waals surface area contributed by atoms with Crippen LogP contribution in [0.25, 0.3) is 0 Å². The SMILES string of the molecule is CC1=CC[C@@H]2C(=O)N(N(CC(=O)c3ccc(Cl)cc3Cl)C(=O)c3ccccc3[N+](=O)[O-])C(=O)[C@H]2C1. The minimum Gasteiger partial charge on any atom is -0.292 e. The van der Waals surface area contributed by atoms with Gasteiger partial charge < -0.3 is 0 Å². The zero-order valence-electron chi connectivity index (χ0n) is 18.4. The van der Waals surface area contributed by atoms with Gasteiger partial charge in [0.1, 0.15) is 12.1 Å². The number of hydrazine groups is 1. The first-order valence-corrected chi connectivity index (χ1v) is 11.4. The summed E-state index contributed by atoms with van der Waals surface area (Å²) in [4.78, 5) is 64.1. The maximum absolute atomic E-state index is 13.6. The summed E-state index contributed by atoms with van der Waals surface area (Å²) in [5, 5.41) is 13.2. The number of nitro groups is 1. The summed E-state index contributed by atoms with van der Waals surface area (Å²) in [5.41, 5.74) is 0.0751. The first kappa shape index (κ1) is 24.6. The van der Waals surface area contributed by atoms with E-state index in [9.17, 15) is 29.3 Å². The van der Waals surface area contributed by atoms with Gasteiger partial charge in [-0.15, -0.1) is 0 Å². The van der Waals surface area contributed by atoms with Crippen molar-refractivity contribution in [3.05, 3.63) is 85.4 Å². The van der Waals surface area contributed by atoms with Gasteiger partial charge in [0.2, 0.25) is 0 Å². The van der Waals surface area contributed by atoms with Crippen LogP contribution in [0, 0.1) is 22.0 Å². The Kier molecular flexibility index (Phi) is 6.73. The van der Waals surface area contributed by atoms with Crippen LogP contribution in [0.15, 0.2) is 54.1 Å². The number of nitrogens with zero attached hydrogens (tertiary/aromatic N) is 3. The molecule has 0 spiro atoms. The highest BCUT2D eigenvalue weighted by Crippen LogP contribution is 2.39. The first-order chi connectivity index (χ1) is 16.6. The molecule has 0 bridgehead atoms. The van der Waals surface area contributed by atoms with E-state index in [0.29, 0.717) is 22.9 Å². The maximum Gasteiger partial charge on any atom is 0.282 e. The topological polar surface area (TPSA) is 118 Å². The number of nitro benzene ring substituents is 1. The molecule has 1 heterocycles. The smallest absolute Gasteiger partial charge is 0.282 e. The van der Waals surface area contributed by atoms with Gasteiger partial charge in [0, 0.05) is 16.7 Å². The molecule has 4 rings (SSSR count). The predicted octanol–water partition coefficient (Wildman–Crippen LogP) is 4.48. The number of rotatable bonds is 6. The number of amides is 3. The molecular formula is C24H19Cl2N3O6. The Balaban J connectivity index is 1.76. The van der Waals surface area contributed by atoms with Crippen molar-refractivity contribution < 1.29 is 24.1 Å². The molecule has 0 N–H and O–H groups in total. The van der Waals surface area contributed by atoms with Crippen LogP contribution in [0.2, 0.25) is 10.0 Å². The van der Waals surface area contributed by atoms with E-state index in [-0.39, 0.29) is 21.2 Å². The summed E-state index contributed by atoms with van der Waals surface area (Å²) in [5.74, 6) is -4.33. The van der Waals surface area contributed by atoms with Crippen molar-refractivity contribution in [2.45, 2.75) is 19.8 Å². The molecule has 2 atom stereocenters. The number of allylic oxidation sites excluding steroid dienone is 2. The summed E-state index contributed by atoms with van der Waals surface area (Å²) >= 11 is 12.1. The summed E-state index contributed by atoms with van der Waals surface area (Å²) < 4.78 is 0. The quantitative estimate of drug-likeness (QED) is 0.184. The van der Waals surface area contributed by atoms with Crippen molar-refractivity contribution in [2.24, 2.45) is 11.8 Å². The Hall–Kier alpha value is -3.56. The molecule has 0 unspecified atom stereocenters. The van der Waals surface area contributed by atoms with Crippen molar-refractivity contribution in [3.63, 3.8) is 0 Å². The lowest BCUT2D eigenvalue weighted by Gasteiger charge is -2.30. The fourth-order valence-corrected chi connectivity index (χ4v) is 4.89. The van der Waals surface area contributed by atoms with E-state index in [4.69, 9.17) is 23.2 Å². The van der Waals surface area contributed by atoms with Gasteiger partial charge in [0.15, 0.2) is 5.78 Å². The number of halogens is 2. The number of carbonyl (C=O) groups excluding carboxylic acids is 4. The Morgan fingerprint density at radius 1 is 1.09 bits per heavy atom. The van der Waals surface area contributed by atoms with Gasteiger partial charge in [-0.3, -0.25) is 29.3 Å². The lowest BCUT2D eigenvalue weighted by molar-refractivity contribution is -0.385. The normalized spacial score (nSPS) is 19.3. The third-order valence-electron chi connectivity index (χ3n) is 6.13. The van der Waals surface area contributed by atoms with Crippen molar-refractivity contribution in [3.8, 4) is 0 Å². The van der Waals surface area contributed by atoms with E-state index in [2.05, 4.69) is 0 Å². The van der Waals surface area contributed by atoms with Crippen LogP contribution in [0.3, 0.4) is 0 Å². The van der Waals surface area contributed by atoms with Crippen molar-refractivity contribution in [1.29, 1.82) is 0 Å². The van der Waals surface area contributed by atoms with Gasteiger partial charge in [-0.1, -0.05) is 47.0 Å². The molecule has 1 saturated heterocycles. The van der Waals surface area contributed by atoms with E-state index < -0.39 is 52.5 Å². The number of benzene rings is 2. The van der Waals surface area contributed by atoms with Crippen LogP contribution in [-0.2, 0) is 9.59 Å². The fourth-order valence-electron chi connectivity index (χ4n) is 4.38. The molecule has 1 aliphatic carbocycles. The molecule has 9 nitrogen and oxygen atoms in total. The third-order valence-corrected chi connectivity index (χ3v) is 6.68.